The molecule has 3 aromatic rings. The first-order valence-electron chi connectivity index (χ1n) is 12.0. The Labute approximate surface area is 255 Å². The number of halogens is 3. The molecule has 0 atom stereocenters. The lowest BCUT2D eigenvalue weighted by atomic mass is 10.0. The maximum atomic E-state index is 12.4. The van der Waals surface area contributed by atoms with Crippen molar-refractivity contribution in [3.05, 3.63) is 84.9 Å². The summed E-state index contributed by atoms with van der Waals surface area (Å²) in [6, 6.07) is 16.0. The lowest BCUT2D eigenvalue weighted by molar-refractivity contribution is -0.139. The highest BCUT2D eigenvalue weighted by molar-refractivity contribution is 14.1. The second-order valence-corrected chi connectivity index (χ2v) is 10.7. The zero-order valence-electron chi connectivity index (χ0n) is 21.9. The van der Waals surface area contributed by atoms with E-state index in [9.17, 15) is 14.4 Å². The zero-order chi connectivity index (χ0) is 29.2. The molecule has 0 unspecified atom stereocenters. The molecule has 0 bridgehead atoms. The average Bonchev–Trinajstić information content (AvgIpc) is 2.93. The highest BCUT2D eigenvalue weighted by atomic mass is 127. The molecule has 3 rings (SSSR count). The second kappa shape index (κ2) is 14.9. The van der Waals surface area contributed by atoms with Gasteiger partial charge in [-0.25, -0.2) is 5.43 Å². The summed E-state index contributed by atoms with van der Waals surface area (Å²) in [5.74, 6) is -1.06. The Kier molecular flexibility index (Phi) is 11.6. The van der Waals surface area contributed by atoms with Crippen LogP contribution in [0.3, 0.4) is 0 Å². The number of carbonyl (C=O) groups excluding carboxylic acids is 3. The second-order valence-electron chi connectivity index (χ2n) is 8.75. The summed E-state index contributed by atoms with van der Waals surface area (Å²) in [5, 5.41) is 9.62. The molecule has 12 heteroatoms. The highest BCUT2D eigenvalue weighted by Crippen LogP contribution is 2.34. The van der Waals surface area contributed by atoms with E-state index < -0.39 is 17.7 Å². The maximum Gasteiger partial charge on any atom is 0.329 e. The third-order valence-electron chi connectivity index (χ3n) is 5.51. The first kappa shape index (κ1) is 31.2. The minimum absolute atomic E-state index is 0.218. The summed E-state index contributed by atoms with van der Waals surface area (Å²) < 4.78 is 11.7. The standard InChI is InChI=1S/C28H27Cl2IN4O5/c1-16(2)19-9-7-17(8-10-19)13-32-27(37)28(38)35-33-14-18-11-21(31)26(23(12-18)39-3)40-15-24(36)34-22-6-4-5-20(29)25(22)30/h4-12,14,16H,13,15H2,1-3H3,(H,32,37)(H,34,36)(H,35,38)/b33-14-. The number of hydrogen-bond acceptors (Lipinski definition) is 6. The van der Waals surface area contributed by atoms with Crippen LogP contribution in [0.15, 0.2) is 59.7 Å². The fourth-order valence-electron chi connectivity index (χ4n) is 3.38. The molecule has 40 heavy (non-hydrogen) atoms. The normalized spacial score (nSPS) is 10.9. The molecule has 0 aliphatic rings. The van der Waals surface area contributed by atoms with Crippen molar-refractivity contribution in [3.63, 3.8) is 0 Å². The average molecular weight is 697 g/mol. The smallest absolute Gasteiger partial charge is 0.329 e. The summed E-state index contributed by atoms with van der Waals surface area (Å²) in [4.78, 5) is 36.6. The molecule has 0 aliphatic carbocycles. The van der Waals surface area contributed by atoms with Gasteiger partial charge in [0, 0.05) is 6.54 Å². The van der Waals surface area contributed by atoms with Crippen LogP contribution in [-0.2, 0) is 20.9 Å². The van der Waals surface area contributed by atoms with Gasteiger partial charge in [-0.05, 0) is 69.5 Å². The predicted octanol–water partition coefficient (Wildman–Crippen LogP) is 5.51. The van der Waals surface area contributed by atoms with Crippen LogP contribution in [0.1, 0.15) is 36.5 Å². The number of hydrazone groups is 1. The van der Waals surface area contributed by atoms with Crippen LogP contribution in [0.4, 0.5) is 5.69 Å². The molecule has 0 spiro atoms. The summed E-state index contributed by atoms with van der Waals surface area (Å²) >= 11 is 14.1. The topological polar surface area (TPSA) is 118 Å². The molecule has 0 saturated carbocycles. The van der Waals surface area contributed by atoms with Gasteiger partial charge >= 0.3 is 11.8 Å². The zero-order valence-corrected chi connectivity index (χ0v) is 25.6. The van der Waals surface area contributed by atoms with E-state index in [0.29, 0.717) is 37.3 Å². The SMILES string of the molecule is COc1cc(/C=N\NC(=O)C(=O)NCc2ccc(C(C)C)cc2)cc(I)c1OCC(=O)Nc1cccc(Cl)c1Cl. The molecule has 0 aromatic heterocycles. The van der Waals surface area contributed by atoms with Crippen LogP contribution in [0.5, 0.6) is 11.5 Å². The molecule has 0 heterocycles. The van der Waals surface area contributed by atoms with Crippen LogP contribution < -0.4 is 25.5 Å². The van der Waals surface area contributed by atoms with Crippen LogP contribution >= 0.6 is 45.8 Å². The Balaban J connectivity index is 1.54. The van der Waals surface area contributed by atoms with Crippen LogP contribution in [-0.4, -0.2) is 37.7 Å². The number of amides is 3. The van der Waals surface area contributed by atoms with E-state index in [4.69, 9.17) is 32.7 Å². The van der Waals surface area contributed by atoms with Gasteiger partial charge in [-0.15, -0.1) is 0 Å². The number of nitrogens with one attached hydrogen (secondary N) is 3. The van der Waals surface area contributed by atoms with Gasteiger partial charge in [0.15, 0.2) is 18.1 Å². The first-order valence-corrected chi connectivity index (χ1v) is 13.9. The third-order valence-corrected chi connectivity index (χ3v) is 7.13. The molecule has 3 N–H and O–H groups in total. The van der Waals surface area contributed by atoms with Gasteiger partial charge in [0.2, 0.25) is 0 Å². The van der Waals surface area contributed by atoms with Crippen molar-refractivity contribution >= 4 is 75.4 Å². The number of carbonyl (C=O) groups is 3. The van der Waals surface area contributed by atoms with E-state index >= 15 is 0 Å². The van der Waals surface area contributed by atoms with E-state index in [2.05, 4.69) is 35.0 Å². The van der Waals surface area contributed by atoms with Gasteiger partial charge in [-0.1, -0.05) is 67.4 Å². The Hall–Kier alpha value is -3.35. The fraction of sp³-hybridized carbons (Fsp3) is 0.214. The Morgan fingerprint density at radius 3 is 2.45 bits per heavy atom. The maximum absolute atomic E-state index is 12.4. The summed E-state index contributed by atoms with van der Waals surface area (Å²) in [6.07, 6.45) is 1.36. The highest BCUT2D eigenvalue weighted by Gasteiger charge is 2.15. The van der Waals surface area contributed by atoms with Crippen molar-refractivity contribution in [3.8, 4) is 11.5 Å². The van der Waals surface area contributed by atoms with Crippen LogP contribution in [0.2, 0.25) is 10.0 Å². The van der Waals surface area contributed by atoms with Gasteiger partial charge in [-0.2, -0.15) is 5.10 Å². The molecule has 3 aromatic carbocycles. The molecular weight excluding hydrogens is 670 g/mol. The molecule has 0 aliphatic heterocycles. The lowest BCUT2D eigenvalue weighted by Gasteiger charge is -2.14. The number of benzene rings is 3. The molecule has 0 saturated heterocycles. The summed E-state index contributed by atoms with van der Waals surface area (Å²) in [7, 11) is 1.45. The fourth-order valence-corrected chi connectivity index (χ4v) is 4.51. The minimum atomic E-state index is -0.900. The number of nitrogens with zero attached hydrogens (tertiary/aromatic N) is 1. The van der Waals surface area contributed by atoms with Crippen molar-refractivity contribution in [1.29, 1.82) is 0 Å². The lowest BCUT2D eigenvalue weighted by Crippen LogP contribution is -2.37. The molecule has 210 valence electrons. The largest absolute Gasteiger partial charge is 0.493 e. The van der Waals surface area contributed by atoms with Gasteiger partial charge in [0.1, 0.15) is 0 Å². The first-order chi connectivity index (χ1) is 19.1. The minimum Gasteiger partial charge on any atom is -0.493 e. The third kappa shape index (κ3) is 8.83. The van der Waals surface area contributed by atoms with Gasteiger partial charge in [0.05, 0.1) is 32.6 Å². The predicted molar refractivity (Wildman–Crippen MR) is 164 cm³/mol. The van der Waals surface area contributed by atoms with Crippen molar-refractivity contribution in [2.75, 3.05) is 19.0 Å². The van der Waals surface area contributed by atoms with E-state index in [1.165, 1.54) is 18.9 Å². The summed E-state index contributed by atoms with van der Waals surface area (Å²) in [5.41, 5.74) is 5.21. The van der Waals surface area contributed by atoms with Crippen molar-refractivity contribution in [1.82, 2.24) is 10.7 Å². The van der Waals surface area contributed by atoms with Gasteiger partial charge in [0.25, 0.3) is 5.91 Å². The van der Waals surface area contributed by atoms with Gasteiger partial charge < -0.3 is 20.1 Å². The number of rotatable bonds is 10. The van der Waals surface area contributed by atoms with Crippen LogP contribution in [0.25, 0.3) is 0 Å². The Morgan fingerprint density at radius 2 is 1.77 bits per heavy atom. The number of hydrogen-bond donors (Lipinski definition) is 3. The van der Waals surface area contributed by atoms with E-state index in [0.717, 1.165) is 5.56 Å². The van der Waals surface area contributed by atoms with E-state index in [-0.39, 0.29) is 18.2 Å². The quantitative estimate of drug-likeness (QED) is 0.112. The molecule has 9 nitrogen and oxygen atoms in total. The monoisotopic (exact) mass is 696 g/mol. The van der Waals surface area contributed by atoms with Gasteiger partial charge in [-0.3, -0.25) is 14.4 Å². The van der Waals surface area contributed by atoms with E-state index in [1.54, 1.807) is 30.3 Å². The number of anilines is 1. The number of ether oxygens (including phenoxy) is 2. The molecule has 0 fully saturated rings. The molecule has 3 amide bonds. The summed E-state index contributed by atoms with van der Waals surface area (Å²) in [6.45, 7) is 4.11. The molecular formula is C28H27Cl2IN4O5. The van der Waals surface area contributed by atoms with Crippen molar-refractivity contribution in [2.45, 2.75) is 26.3 Å². The Bertz CT molecular complexity index is 1410. The Morgan fingerprint density at radius 1 is 1.05 bits per heavy atom. The number of methoxy groups -OCH3 is 1. The molecule has 0 radical (unpaired) electrons. The van der Waals surface area contributed by atoms with E-state index in [1.807, 2.05) is 46.9 Å². The van der Waals surface area contributed by atoms with Crippen LogP contribution in [0, 0.1) is 3.57 Å². The van der Waals surface area contributed by atoms with Crippen molar-refractivity contribution < 1.29 is 23.9 Å². The van der Waals surface area contributed by atoms with Crippen molar-refractivity contribution in [2.24, 2.45) is 5.10 Å².